The van der Waals surface area contributed by atoms with Gasteiger partial charge >= 0.3 is 0 Å². The number of aryl methyl sites for hydroxylation is 1. The van der Waals surface area contributed by atoms with Crippen molar-refractivity contribution in [1.29, 1.82) is 0 Å². The minimum Gasteiger partial charge on any atom is -0.396 e. The Morgan fingerprint density at radius 3 is 2.47 bits per heavy atom. The maximum absolute atomic E-state index is 13.6. The Morgan fingerprint density at radius 2 is 1.75 bits per heavy atom. The molecule has 3 aromatic rings. The second kappa shape index (κ2) is 10.3. The number of rotatable bonds is 7. The fraction of sp³-hybridized carbons (Fsp3) is 0.360. The molecule has 1 unspecified atom stereocenters. The van der Waals surface area contributed by atoms with Gasteiger partial charge in [-0.2, -0.15) is 0 Å². The van der Waals surface area contributed by atoms with E-state index in [2.05, 4.69) is 19.8 Å². The van der Waals surface area contributed by atoms with Gasteiger partial charge in [0.2, 0.25) is 0 Å². The number of nitrogens with zero attached hydrogens (tertiary/aromatic N) is 4. The molecule has 1 atom stereocenters. The zero-order chi connectivity index (χ0) is 22.5. The Hall–Kier alpha value is -2.74. The third kappa shape index (κ3) is 5.35. The third-order valence-electron chi connectivity index (χ3n) is 6.02. The van der Waals surface area contributed by atoms with E-state index in [-0.39, 0.29) is 12.6 Å². The van der Waals surface area contributed by atoms with Gasteiger partial charge in [0.1, 0.15) is 0 Å². The number of aromatic nitrogens is 2. The molecular formula is C25H28F2N4O. The van der Waals surface area contributed by atoms with E-state index in [0.29, 0.717) is 13.0 Å². The van der Waals surface area contributed by atoms with E-state index in [4.69, 9.17) is 0 Å². The van der Waals surface area contributed by atoms with Crippen LogP contribution in [0.25, 0.3) is 11.4 Å². The van der Waals surface area contributed by atoms with Crippen LogP contribution in [0, 0.1) is 18.6 Å². The highest BCUT2D eigenvalue weighted by Crippen LogP contribution is 2.21. The zero-order valence-corrected chi connectivity index (χ0v) is 18.2. The summed E-state index contributed by atoms with van der Waals surface area (Å²) in [5.41, 5.74) is 3.96. The molecule has 168 valence electrons. The van der Waals surface area contributed by atoms with Crippen molar-refractivity contribution in [3.05, 3.63) is 83.2 Å². The molecule has 0 saturated carbocycles. The minimum atomic E-state index is -0.832. The zero-order valence-electron chi connectivity index (χ0n) is 18.2. The standard InChI is InChI=1S/C25H28F2N4O/c1-18-4-2-3-5-22(18)25-28-13-20(14-29-25)15-30-9-10-31(21(17-30)8-11-32)16-19-6-7-23(26)24(27)12-19/h2-7,12-14,21,32H,8-11,15-17H2,1H3. The Balaban J connectivity index is 1.39. The highest BCUT2D eigenvalue weighted by atomic mass is 19.2. The van der Waals surface area contributed by atoms with Gasteiger partial charge in [0.25, 0.3) is 0 Å². The van der Waals surface area contributed by atoms with Crippen molar-refractivity contribution in [1.82, 2.24) is 19.8 Å². The molecule has 0 amide bonds. The van der Waals surface area contributed by atoms with Crippen LogP contribution in [0.3, 0.4) is 0 Å². The lowest BCUT2D eigenvalue weighted by Gasteiger charge is -2.41. The van der Waals surface area contributed by atoms with Crippen molar-refractivity contribution in [3.63, 3.8) is 0 Å². The molecule has 0 radical (unpaired) electrons. The van der Waals surface area contributed by atoms with Gasteiger partial charge in [-0.1, -0.05) is 30.3 Å². The van der Waals surface area contributed by atoms with Crippen LogP contribution in [-0.4, -0.2) is 57.2 Å². The second-order valence-corrected chi connectivity index (χ2v) is 8.35. The Bertz CT molecular complexity index is 1040. The summed E-state index contributed by atoms with van der Waals surface area (Å²) in [4.78, 5) is 13.7. The van der Waals surface area contributed by atoms with Crippen molar-refractivity contribution < 1.29 is 13.9 Å². The summed E-state index contributed by atoms with van der Waals surface area (Å²) in [5.74, 6) is -0.934. The first-order valence-electron chi connectivity index (χ1n) is 10.9. The number of benzene rings is 2. The topological polar surface area (TPSA) is 52.5 Å². The van der Waals surface area contributed by atoms with E-state index in [1.807, 2.05) is 43.6 Å². The number of halogens is 2. The molecule has 4 rings (SSSR count). The van der Waals surface area contributed by atoms with Crippen LogP contribution in [0.5, 0.6) is 0 Å². The molecule has 1 N–H and O–H groups in total. The summed E-state index contributed by atoms with van der Waals surface area (Å²) in [7, 11) is 0. The first-order valence-corrected chi connectivity index (χ1v) is 10.9. The number of piperazine rings is 1. The van der Waals surface area contributed by atoms with E-state index in [9.17, 15) is 13.9 Å². The fourth-order valence-electron chi connectivity index (χ4n) is 4.26. The van der Waals surface area contributed by atoms with Crippen LogP contribution in [0.4, 0.5) is 8.78 Å². The molecule has 1 saturated heterocycles. The van der Waals surface area contributed by atoms with Crippen molar-refractivity contribution in [2.24, 2.45) is 0 Å². The lowest BCUT2D eigenvalue weighted by Crippen LogP contribution is -2.52. The molecule has 1 fully saturated rings. The van der Waals surface area contributed by atoms with E-state index in [1.165, 1.54) is 12.1 Å². The summed E-state index contributed by atoms with van der Waals surface area (Å²) < 4.78 is 26.8. The lowest BCUT2D eigenvalue weighted by atomic mass is 10.1. The predicted octanol–water partition coefficient (Wildman–Crippen LogP) is 3.80. The van der Waals surface area contributed by atoms with Crippen molar-refractivity contribution in [2.75, 3.05) is 26.2 Å². The van der Waals surface area contributed by atoms with Gasteiger partial charge in [0.05, 0.1) is 0 Å². The molecule has 0 spiro atoms. The predicted molar refractivity (Wildman–Crippen MR) is 120 cm³/mol. The summed E-state index contributed by atoms with van der Waals surface area (Å²) in [6, 6.07) is 12.2. The highest BCUT2D eigenvalue weighted by Gasteiger charge is 2.27. The average Bonchev–Trinajstić information content (AvgIpc) is 2.79. The Morgan fingerprint density at radius 1 is 0.969 bits per heavy atom. The summed E-state index contributed by atoms with van der Waals surface area (Å²) in [6.07, 6.45) is 4.38. The molecule has 1 aromatic heterocycles. The highest BCUT2D eigenvalue weighted by molar-refractivity contribution is 5.59. The monoisotopic (exact) mass is 438 g/mol. The summed E-state index contributed by atoms with van der Waals surface area (Å²) in [5, 5.41) is 9.55. The van der Waals surface area contributed by atoms with Crippen LogP contribution in [0.1, 0.15) is 23.1 Å². The van der Waals surface area contributed by atoms with Gasteiger partial charge in [0.15, 0.2) is 17.5 Å². The van der Waals surface area contributed by atoms with Crippen molar-refractivity contribution in [2.45, 2.75) is 32.5 Å². The summed E-state index contributed by atoms with van der Waals surface area (Å²) in [6.45, 7) is 5.80. The number of aliphatic hydroxyl groups is 1. The number of hydrogen-bond donors (Lipinski definition) is 1. The van der Waals surface area contributed by atoms with Gasteiger partial charge in [-0.3, -0.25) is 9.80 Å². The van der Waals surface area contributed by atoms with Crippen LogP contribution in [-0.2, 0) is 13.1 Å². The smallest absolute Gasteiger partial charge is 0.159 e. The van der Waals surface area contributed by atoms with E-state index >= 15 is 0 Å². The fourth-order valence-corrected chi connectivity index (χ4v) is 4.26. The van der Waals surface area contributed by atoms with Gasteiger partial charge in [0, 0.05) is 68.9 Å². The van der Waals surface area contributed by atoms with Gasteiger partial charge in [-0.05, 0) is 36.6 Å². The maximum Gasteiger partial charge on any atom is 0.159 e. The third-order valence-corrected chi connectivity index (χ3v) is 6.02. The minimum absolute atomic E-state index is 0.0843. The Labute approximate surface area is 187 Å². The molecule has 0 bridgehead atoms. The van der Waals surface area contributed by atoms with Crippen LogP contribution in [0.15, 0.2) is 54.9 Å². The molecule has 2 heterocycles. The first kappa shape index (κ1) is 22.5. The molecule has 1 aliphatic rings. The van der Waals surface area contributed by atoms with Gasteiger partial charge in [-0.15, -0.1) is 0 Å². The van der Waals surface area contributed by atoms with Crippen molar-refractivity contribution >= 4 is 0 Å². The molecule has 32 heavy (non-hydrogen) atoms. The quantitative estimate of drug-likeness (QED) is 0.608. The molecule has 7 heteroatoms. The molecule has 5 nitrogen and oxygen atoms in total. The molecule has 0 aliphatic carbocycles. The molecule has 1 aliphatic heterocycles. The second-order valence-electron chi connectivity index (χ2n) is 8.35. The van der Waals surface area contributed by atoms with E-state index in [1.54, 1.807) is 6.07 Å². The SMILES string of the molecule is Cc1ccccc1-c1ncc(CN2CCN(Cc3ccc(F)c(F)c3)C(CCO)C2)cn1. The lowest BCUT2D eigenvalue weighted by molar-refractivity contribution is 0.0498. The maximum atomic E-state index is 13.6. The average molecular weight is 439 g/mol. The van der Waals surface area contributed by atoms with Crippen LogP contribution in [0.2, 0.25) is 0 Å². The van der Waals surface area contributed by atoms with Crippen molar-refractivity contribution in [3.8, 4) is 11.4 Å². The first-order chi connectivity index (χ1) is 15.5. The van der Waals surface area contributed by atoms with Gasteiger partial charge < -0.3 is 5.11 Å². The molecular weight excluding hydrogens is 410 g/mol. The number of aliphatic hydroxyl groups excluding tert-OH is 1. The molecule has 2 aromatic carbocycles. The van der Waals surface area contributed by atoms with Crippen LogP contribution >= 0.6 is 0 Å². The van der Waals surface area contributed by atoms with E-state index in [0.717, 1.165) is 54.3 Å². The van der Waals surface area contributed by atoms with E-state index < -0.39 is 11.6 Å². The number of hydrogen-bond acceptors (Lipinski definition) is 5. The largest absolute Gasteiger partial charge is 0.396 e. The summed E-state index contributed by atoms with van der Waals surface area (Å²) >= 11 is 0. The van der Waals surface area contributed by atoms with Gasteiger partial charge in [-0.25, -0.2) is 18.7 Å². The Kier molecular flexibility index (Phi) is 7.19. The normalized spacial score (nSPS) is 17.6. The van der Waals surface area contributed by atoms with Crippen LogP contribution < -0.4 is 0 Å².